The van der Waals surface area contributed by atoms with Gasteiger partial charge < -0.3 is 33.2 Å². The van der Waals surface area contributed by atoms with Crippen LogP contribution in [0.5, 0.6) is 0 Å². The molecule has 0 saturated carbocycles. The van der Waals surface area contributed by atoms with Crippen molar-refractivity contribution >= 4 is 11.9 Å². The molecule has 0 N–H and O–H groups in total. The highest BCUT2D eigenvalue weighted by Crippen LogP contribution is 2.85. The smallest absolute Gasteiger partial charge is 0.423 e. The third-order valence-electron chi connectivity index (χ3n) is 12.3. The third-order valence-corrected chi connectivity index (χ3v) is 12.3. The SMILES string of the molecule is COC(=O)[C@@]12O[C@@](C(=O)OC)([C@H]3[C@H]4O[C@H]([C@H]5[C@@H]4[C@H]4O[C@@H]5[C@]5(C(F)(F)F)O[C@]45C(F)(F)F)[C@H]31)[C@H]1[C@@H]2[C@H]2O[C@@H]1c1ccccc12. The molecule has 9 aliphatic heterocycles. The van der Waals surface area contributed by atoms with Gasteiger partial charge in [-0.15, -0.1) is 0 Å². The normalized spacial score (nSPS) is 56.5. The van der Waals surface area contributed by atoms with Crippen LogP contribution in [0.15, 0.2) is 24.3 Å². The summed E-state index contributed by atoms with van der Waals surface area (Å²) in [5.41, 5.74) is -9.44. The minimum atomic E-state index is -5.40. The Labute approximate surface area is 238 Å². The van der Waals surface area contributed by atoms with Gasteiger partial charge in [-0.3, -0.25) is 0 Å². The molecule has 9 aliphatic rings. The highest BCUT2D eigenvalue weighted by atomic mass is 19.4. The molecule has 230 valence electrons. The van der Waals surface area contributed by atoms with E-state index in [0.29, 0.717) is 0 Å². The summed E-state index contributed by atoms with van der Waals surface area (Å²) >= 11 is 0. The van der Waals surface area contributed by atoms with Crippen molar-refractivity contribution in [2.45, 2.75) is 71.4 Å². The summed E-state index contributed by atoms with van der Waals surface area (Å²) in [6.45, 7) is 0. The minimum absolute atomic E-state index is 0.713. The Morgan fingerprint density at radius 1 is 0.674 bits per heavy atom. The lowest BCUT2D eigenvalue weighted by atomic mass is 9.46. The molecule has 0 aromatic heterocycles. The van der Waals surface area contributed by atoms with Crippen LogP contribution in [0.1, 0.15) is 23.3 Å². The van der Waals surface area contributed by atoms with E-state index in [0.717, 1.165) is 25.3 Å². The summed E-state index contributed by atoms with van der Waals surface area (Å²) in [6, 6.07) is 7.26. The second-order valence-electron chi connectivity index (χ2n) is 13.1. The Balaban J connectivity index is 1.18. The highest BCUT2D eigenvalue weighted by Gasteiger charge is 3.06. The van der Waals surface area contributed by atoms with Crippen LogP contribution < -0.4 is 0 Å². The number of hydrogen-bond donors (Lipinski definition) is 0. The molecule has 0 amide bonds. The average Bonchev–Trinajstić information content (AvgIpc) is 3.69. The van der Waals surface area contributed by atoms with Crippen LogP contribution >= 0.6 is 0 Å². The van der Waals surface area contributed by atoms with Gasteiger partial charge in [-0.2, -0.15) is 26.3 Å². The van der Waals surface area contributed by atoms with E-state index in [9.17, 15) is 35.9 Å². The van der Waals surface area contributed by atoms with Crippen molar-refractivity contribution in [3.8, 4) is 0 Å². The molecule has 0 spiro atoms. The van der Waals surface area contributed by atoms with Gasteiger partial charge in [0.2, 0.25) is 11.2 Å². The zero-order valence-corrected chi connectivity index (χ0v) is 22.2. The molecule has 43 heavy (non-hydrogen) atoms. The fraction of sp³-hybridized carbons (Fsp3) is 0.714. The van der Waals surface area contributed by atoms with Gasteiger partial charge >= 0.3 is 24.3 Å². The second-order valence-corrected chi connectivity index (χ2v) is 13.1. The first kappa shape index (κ1) is 25.8. The van der Waals surface area contributed by atoms with Crippen molar-refractivity contribution in [1.29, 1.82) is 0 Å². The Kier molecular flexibility index (Phi) is 4.12. The maximum atomic E-state index is 14.5. The molecule has 0 radical (unpaired) electrons. The molecule has 8 fully saturated rings. The lowest BCUT2D eigenvalue weighted by Crippen LogP contribution is -2.68. The number of alkyl halides is 6. The summed E-state index contributed by atoms with van der Waals surface area (Å²) in [5.74, 6) is -7.83. The summed E-state index contributed by atoms with van der Waals surface area (Å²) in [6.07, 6.45) is -18.7. The predicted octanol–water partition coefficient (Wildman–Crippen LogP) is 2.57. The van der Waals surface area contributed by atoms with Crippen molar-refractivity contribution in [2.24, 2.45) is 35.5 Å². The average molecular weight is 616 g/mol. The van der Waals surface area contributed by atoms with Gasteiger partial charge in [-0.1, -0.05) is 24.3 Å². The first-order valence-electron chi connectivity index (χ1n) is 14.1. The molecule has 1 aromatic rings. The van der Waals surface area contributed by atoms with E-state index in [-0.39, 0.29) is 0 Å². The van der Waals surface area contributed by atoms with E-state index >= 15 is 0 Å². The molecule has 8 saturated heterocycles. The van der Waals surface area contributed by atoms with Crippen LogP contribution in [0.3, 0.4) is 0 Å². The number of ether oxygens (including phenoxy) is 7. The number of halogens is 6. The molecular weight excluding hydrogens is 594 g/mol. The van der Waals surface area contributed by atoms with Crippen molar-refractivity contribution in [3.05, 3.63) is 35.4 Å². The second kappa shape index (κ2) is 6.86. The summed E-state index contributed by atoms with van der Waals surface area (Å²) < 4.78 is 127. The summed E-state index contributed by atoms with van der Waals surface area (Å²) in [5, 5.41) is 0. The maximum absolute atomic E-state index is 14.5. The number of carbonyl (C=O) groups is 2. The number of fused-ring (bicyclic) bond motifs is 29. The van der Waals surface area contributed by atoms with Crippen LogP contribution in [0.25, 0.3) is 0 Å². The van der Waals surface area contributed by atoms with Gasteiger partial charge in [0.05, 0.1) is 38.6 Å². The number of methoxy groups -OCH3 is 2. The first-order valence-corrected chi connectivity index (χ1v) is 14.1. The van der Waals surface area contributed by atoms with Crippen LogP contribution in [0, 0.1) is 35.5 Å². The Morgan fingerprint density at radius 3 is 1.51 bits per heavy atom. The van der Waals surface area contributed by atoms with Gasteiger partial charge in [0, 0.05) is 35.5 Å². The fourth-order valence-electron chi connectivity index (χ4n) is 11.5. The summed E-state index contributed by atoms with van der Waals surface area (Å²) in [4.78, 5) is 27.9. The van der Waals surface area contributed by atoms with Crippen LogP contribution in [0.4, 0.5) is 26.3 Å². The molecule has 0 unspecified atom stereocenters. The van der Waals surface area contributed by atoms with E-state index in [1.807, 2.05) is 12.1 Å². The summed E-state index contributed by atoms with van der Waals surface area (Å²) in [7, 11) is 2.27. The zero-order chi connectivity index (χ0) is 30.0. The molecule has 1 aromatic carbocycles. The fourth-order valence-corrected chi connectivity index (χ4v) is 11.5. The molecule has 15 heteroatoms. The molecule has 16 atom stereocenters. The van der Waals surface area contributed by atoms with Crippen molar-refractivity contribution < 1.29 is 69.1 Å². The van der Waals surface area contributed by atoms with E-state index in [2.05, 4.69) is 0 Å². The zero-order valence-electron chi connectivity index (χ0n) is 22.2. The quantitative estimate of drug-likeness (QED) is 0.282. The molecule has 0 aliphatic carbocycles. The van der Waals surface area contributed by atoms with E-state index < -0.39 is 119 Å². The largest absolute Gasteiger partial charge is 0.467 e. The lowest BCUT2D eigenvalue weighted by Gasteiger charge is -2.49. The highest BCUT2D eigenvalue weighted by molar-refractivity contribution is 5.90. The molecule has 8 bridgehead atoms. The standard InChI is InChI=1S/C28H22F6O9/c1-37-21(35)23-11-12(16-8-6-4-3-5-7(8)15(11)39-16)24(42-23,22(36)38-2)14-13(23)17-9-10(18(14)40-17)20-26(28(32,33)34)25(43-26,19(9)41-20)27(29,30)31/h3-6,9-20H,1-2H3/t9-,10+,11-,12+,13+,14-,15+,16-,17-,18+,19+,20-,23+,24-,25+,26-. The van der Waals surface area contributed by atoms with Crippen molar-refractivity contribution in [3.63, 3.8) is 0 Å². The molecule has 9 nitrogen and oxygen atoms in total. The number of esters is 2. The number of hydrogen-bond acceptors (Lipinski definition) is 9. The van der Waals surface area contributed by atoms with Gasteiger partial charge in [-0.25, -0.2) is 9.59 Å². The number of carbonyl (C=O) groups excluding carboxylic acids is 2. The van der Waals surface area contributed by atoms with Crippen LogP contribution in [0.2, 0.25) is 0 Å². The minimum Gasteiger partial charge on any atom is -0.467 e. The predicted molar refractivity (Wildman–Crippen MR) is 121 cm³/mol. The van der Waals surface area contributed by atoms with Gasteiger partial charge in [0.15, 0.2) is 11.2 Å². The van der Waals surface area contributed by atoms with E-state index in [4.69, 9.17) is 33.2 Å². The molecule has 9 heterocycles. The maximum Gasteiger partial charge on any atom is 0.423 e. The molecular formula is C28H22F6O9. The van der Waals surface area contributed by atoms with Gasteiger partial charge in [0.1, 0.15) is 12.2 Å². The van der Waals surface area contributed by atoms with Crippen LogP contribution in [-0.4, -0.2) is 85.3 Å². The van der Waals surface area contributed by atoms with Gasteiger partial charge in [0.25, 0.3) is 0 Å². The topological polar surface area (TPSA) is 102 Å². The monoisotopic (exact) mass is 616 g/mol. The van der Waals surface area contributed by atoms with Crippen molar-refractivity contribution in [2.75, 3.05) is 14.2 Å². The number of rotatable bonds is 2. The lowest BCUT2D eigenvalue weighted by molar-refractivity contribution is -0.220. The van der Waals surface area contributed by atoms with Crippen LogP contribution in [-0.2, 0) is 42.7 Å². The first-order chi connectivity index (χ1) is 20.3. The van der Waals surface area contributed by atoms with Gasteiger partial charge in [-0.05, 0) is 11.1 Å². The number of epoxide rings is 1. The number of benzene rings is 1. The van der Waals surface area contributed by atoms with Crippen molar-refractivity contribution in [1.82, 2.24) is 0 Å². The Bertz CT molecular complexity index is 1440. The Hall–Kier alpha value is -2.46. The van der Waals surface area contributed by atoms with E-state index in [1.165, 1.54) is 0 Å². The Morgan fingerprint density at radius 2 is 1.12 bits per heavy atom. The third kappa shape index (κ3) is 2.14. The van der Waals surface area contributed by atoms with E-state index in [1.54, 1.807) is 12.1 Å². The molecule has 10 rings (SSSR count).